The maximum absolute atomic E-state index is 11.4. The number of piperidine rings is 1. The molecule has 1 aliphatic heterocycles. The van der Waals surface area contributed by atoms with E-state index in [4.69, 9.17) is 11.6 Å². The Balaban J connectivity index is 1.80. The van der Waals surface area contributed by atoms with E-state index in [1.54, 1.807) is 0 Å². The number of likely N-dealkylation sites (tertiary alicyclic amines) is 1. The number of fused-ring (bicyclic) bond motifs is 1. The van der Waals surface area contributed by atoms with Crippen molar-refractivity contribution in [3.63, 3.8) is 0 Å². The van der Waals surface area contributed by atoms with Crippen LogP contribution in [-0.2, 0) is 4.79 Å². The highest BCUT2D eigenvalue weighted by atomic mass is 35.5. The Hall–Kier alpha value is -2.36. The molecule has 138 valence electrons. The van der Waals surface area contributed by atoms with Crippen LogP contribution >= 0.6 is 11.6 Å². The maximum atomic E-state index is 11.4. The largest absolute Gasteiger partial charge is 0.481 e. The van der Waals surface area contributed by atoms with Crippen molar-refractivity contribution in [2.24, 2.45) is 5.92 Å². The van der Waals surface area contributed by atoms with E-state index in [-0.39, 0.29) is 12.0 Å². The van der Waals surface area contributed by atoms with Crippen molar-refractivity contribution >= 4 is 28.3 Å². The minimum Gasteiger partial charge on any atom is -0.481 e. The summed E-state index contributed by atoms with van der Waals surface area (Å²) >= 11 is 6.60. The van der Waals surface area contributed by atoms with E-state index in [0.29, 0.717) is 12.8 Å². The molecule has 1 aliphatic rings. The number of nitrogens with zero attached hydrogens (tertiary/aromatic N) is 1. The van der Waals surface area contributed by atoms with Gasteiger partial charge in [0.2, 0.25) is 0 Å². The number of carboxylic acid groups (broad SMARTS) is 1. The van der Waals surface area contributed by atoms with Crippen LogP contribution < -0.4 is 0 Å². The lowest BCUT2D eigenvalue weighted by atomic mass is 9.89. The summed E-state index contributed by atoms with van der Waals surface area (Å²) in [6, 6.07) is 22.8. The number of carbonyl (C=O) groups is 1. The number of rotatable bonds is 4. The topological polar surface area (TPSA) is 40.5 Å². The van der Waals surface area contributed by atoms with E-state index in [9.17, 15) is 9.90 Å². The molecule has 4 heteroatoms. The van der Waals surface area contributed by atoms with E-state index >= 15 is 0 Å². The van der Waals surface area contributed by atoms with Crippen LogP contribution in [0, 0.1) is 5.92 Å². The summed E-state index contributed by atoms with van der Waals surface area (Å²) < 4.78 is 0. The van der Waals surface area contributed by atoms with Gasteiger partial charge in [-0.1, -0.05) is 72.3 Å². The molecule has 0 saturated carbocycles. The summed E-state index contributed by atoms with van der Waals surface area (Å²) in [6.07, 6.45) is 1.34. The van der Waals surface area contributed by atoms with Crippen molar-refractivity contribution in [1.82, 2.24) is 4.90 Å². The molecule has 1 heterocycles. The Labute approximate surface area is 164 Å². The van der Waals surface area contributed by atoms with Gasteiger partial charge in [-0.15, -0.1) is 0 Å². The highest BCUT2D eigenvalue weighted by Crippen LogP contribution is 2.38. The SMILES string of the molecule is O=C(O)C1CCN(C(c2ccccc2Cl)c2cccc3ccccc23)CC1. The fourth-order valence-electron chi connectivity index (χ4n) is 4.15. The molecular weight excluding hydrogens is 358 g/mol. The third-order valence-corrected chi connectivity index (χ3v) is 5.91. The average molecular weight is 380 g/mol. The van der Waals surface area contributed by atoms with Crippen LogP contribution in [0.15, 0.2) is 66.7 Å². The maximum Gasteiger partial charge on any atom is 0.306 e. The fraction of sp³-hybridized carbons (Fsp3) is 0.261. The molecular formula is C23H22ClNO2. The third kappa shape index (κ3) is 3.58. The number of hydrogen-bond donors (Lipinski definition) is 1. The van der Waals surface area contributed by atoms with Gasteiger partial charge in [-0.25, -0.2) is 0 Å². The van der Waals surface area contributed by atoms with Gasteiger partial charge in [-0.05, 0) is 53.9 Å². The normalized spacial score (nSPS) is 17.1. The second-order valence-corrected chi connectivity index (χ2v) is 7.55. The van der Waals surface area contributed by atoms with Crippen molar-refractivity contribution < 1.29 is 9.90 Å². The lowest BCUT2D eigenvalue weighted by Gasteiger charge is -2.38. The van der Waals surface area contributed by atoms with Crippen LogP contribution in [0.2, 0.25) is 5.02 Å². The van der Waals surface area contributed by atoms with Crippen LogP contribution in [0.5, 0.6) is 0 Å². The first-order valence-corrected chi connectivity index (χ1v) is 9.72. The summed E-state index contributed by atoms with van der Waals surface area (Å²) in [5.74, 6) is -0.935. The molecule has 3 aromatic rings. The van der Waals surface area contributed by atoms with E-state index in [2.05, 4.69) is 53.4 Å². The molecule has 0 bridgehead atoms. The van der Waals surface area contributed by atoms with Gasteiger partial charge in [0.1, 0.15) is 0 Å². The molecule has 0 amide bonds. The van der Waals surface area contributed by atoms with E-state index < -0.39 is 5.97 Å². The third-order valence-electron chi connectivity index (χ3n) is 5.56. The molecule has 0 aromatic heterocycles. The lowest BCUT2D eigenvalue weighted by molar-refractivity contribution is -0.143. The van der Waals surface area contributed by atoms with Crippen LogP contribution in [0.25, 0.3) is 10.8 Å². The quantitative estimate of drug-likeness (QED) is 0.661. The Bertz CT molecular complexity index is 958. The zero-order valence-electron chi connectivity index (χ0n) is 15.0. The van der Waals surface area contributed by atoms with E-state index in [0.717, 1.165) is 23.7 Å². The zero-order valence-corrected chi connectivity index (χ0v) is 15.8. The van der Waals surface area contributed by atoms with Gasteiger partial charge in [0.15, 0.2) is 0 Å². The molecule has 0 spiro atoms. The number of hydrogen-bond acceptors (Lipinski definition) is 2. The lowest BCUT2D eigenvalue weighted by Crippen LogP contribution is -2.39. The predicted octanol–water partition coefficient (Wildman–Crippen LogP) is 5.38. The Kier molecular flexibility index (Phi) is 5.15. The molecule has 1 atom stereocenters. The van der Waals surface area contributed by atoms with Crippen molar-refractivity contribution in [3.05, 3.63) is 82.9 Å². The summed E-state index contributed by atoms with van der Waals surface area (Å²) in [5.41, 5.74) is 2.29. The predicted molar refractivity (Wildman–Crippen MR) is 109 cm³/mol. The minimum absolute atomic E-state index is 0.0135. The molecule has 1 saturated heterocycles. The summed E-state index contributed by atoms with van der Waals surface area (Å²) in [6.45, 7) is 1.49. The van der Waals surface area contributed by atoms with Crippen LogP contribution in [-0.4, -0.2) is 29.1 Å². The number of aliphatic carboxylic acids is 1. The molecule has 0 aliphatic carbocycles. The second kappa shape index (κ2) is 7.71. The van der Waals surface area contributed by atoms with E-state index in [1.807, 2.05) is 18.2 Å². The monoisotopic (exact) mass is 379 g/mol. The molecule has 3 aromatic carbocycles. The molecule has 1 fully saturated rings. The summed E-state index contributed by atoms with van der Waals surface area (Å²) in [5, 5.41) is 12.5. The molecule has 1 unspecified atom stereocenters. The van der Waals surface area contributed by atoms with Crippen molar-refractivity contribution in [3.8, 4) is 0 Å². The van der Waals surface area contributed by atoms with Crippen LogP contribution in [0.3, 0.4) is 0 Å². The Morgan fingerprint density at radius 1 is 0.926 bits per heavy atom. The number of carboxylic acids is 1. The van der Waals surface area contributed by atoms with Gasteiger partial charge in [-0.3, -0.25) is 9.69 Å². The fourth-order valence-corrected chi connectivity index (χ4v) is 4.39. The average Bonchev–Trinajstić information content (AvgIpc) is 2.70. The van der Waals surface area contributed by atoms with Crippen molar-refractivity contribution in [2.75, 3.05) is 13.1 Å². The molecule has 1 N–H and O–H groups in total. The molecule has 27 heavy (non-hydrogen) atoms. The molecule has 0 radical (unpaired) electrons. The van der Waals surface area contributed by atoms with Crippen molar-refractivity contribution in [1.29, 1.82) is 0 Å². The Morgan fingerprint density at radius 3 is 2.30 bits per heavy atom. The van der Waals surface area contributed by atoms with Gasteiger partial charge >= 0.3 is 5.97 Å². The first kappa shape index (κ1) is 18.0. The van der Waals surface area contributed by atoms with Gasteiger partial charge in [0.05, 0.1) is 12.0 Å². The van der Waals surface area contributed by atoms with Gasteiger partial charge in [0, 0.05) is 5.02 Å². The van der Waals surface area contributed by atoms with Gasteiger partial charge in [0.25, 0.3) is 0 Å². The molecule has 3 nitrogen and oxygen atoms in total. The first-order valence-electron chi connectivity index (χ1n) is 9.34. The summed E-state index contributed by atoms with van der Waals surface area (Å²) in [7, 11) is 0. The van der Waals surface area contributed by atoms with Crippen molar-refractivity contribution in [2.45, 2.75) is 18.9 Å². The minimum atomic E-state index is -0.686. The highest BCUT2D eigenvalue weighted by molar-refractivity contribution is 6.31. The highest BCUT2D eigenvalue weighted by Gasteiger charge is 2.31. The standard InChI is InChI=1S/C23H22ClNO2/c24-21-11-4-3-9-20(21)22(25-14-12-17(13-15-25)23(26)27)19-10-5-7-16-6-1-2-8-18(16)19/h1-11,17,22H,12-15H2,(H,26,27). The smallest absolute Gasteiger partial charge is 0.306 e. The second-order valence-electron chi connectivity index (χ2n) is 7.14. The number of halogens is 1. The zero-order chi connectivity index (χ0) is 18.8. The van der Waals surface area contributed by atoms with Gasteiger partial charge in [-0.2, -0.15) is 0 Å². The Morgan fingerprint density at radius 2 is 1.56 bits per heavy atom. The number of benzene rings is 3. The molecule has 4 rings (SSSR count). The van der Waals surface area contributed by atoms with Crippen LogP contribution in [0.4, 0.5) is 0 Å². The van der Waals surface area contributed by atoms with Gasteiger partial charge < -0.3 is 5.11 Å². The van der Waals surface area contributed by atoms with E-state index in [1.165, 1.54) is 16.3 Å². The first-order chi connectivity index (χ1) is 13.1. The summed E-state index contributed by atoms with van der Waals surface area (Å²) in [4.78, 5) is 13.7. The van der Waals surface area contributed by atoms with Crippen LogP contribution in [0.1, 0.15) is 30.0 Å².